The fourth-order valence-corrected chi connectivity index (χ4v) is 1.97. The van der Waals surface area contributed by atoms with Crippen molar-refractivity contribution < 1.29 is 14.3 Å². The Kier molecular flexibility index (Phi) is 4.95. The molecule has 116 valence electrons. The molecule has 2 rings (SSSR count). The van der Waals surface area contributed by atoms with Crippen LogP contribution in [0.15, 0.2) is 42.5 Å². The minimum Gasteiger partial charge on any atom is -0.482 e. The molecule has 0 unspecified atom stereocenters. The van der Waals surface area contributed by atoms with Crippen molar-refractivity contribution in [3.63, 3.8) is 0 Å². The molecule has 0 aliphatic rings. The van der Waals surface area contributed by atoms with Gasteiger partial charge in [-0.15, -0.1) is 0 Å². The van der Waals surface area contributed by atoms with Gasteiger partial charge in [-0.25, -0.2) is 0 Å². The van der Waals surface area contributed by atoms with Crippen molar-refractivity contribution in [2.45, 2.75) is 6.92 Å². The average molecular weight is 309 g/mol. The molecule has 0 bridgehead atoms. The largest absolute Gasteiger partial charge is 0.482 e. The molecule has 6 nitrogen and oxygen atoms in total. The fourth-order valence-electron chi connectivity index (χ4n) is 1.97. The topological polar surface area (TPSA) is 105 Å². The molecular formula is C17H15N3O3. The lowest BCUT2D eigenvalue weighted by atomic mass is 10.1. The van der Waals surface area contributed by atoms with E-state index in [2.05, 4.69) is 5.32 Å². The van der Waals surface area contributed by atoms with Crippen molar-refractivity contribution in [2.75, 3.05) is 11.9 Å². The molecule has 2 aromatic carbocycles. The van der Waals surface area contributed by atoms with Gasteiger partial charge in [0, 0.05) is 11.3 Å². The van der Waals surface area contributed by atoms with Crippen LogP contribution in [0.3, 0.4) is 0 Å². The third kappa shape index (κ3) is 4.08. The molecule has 0 heterocycles. The number of nitrogens with two attached hydrogens (primary N) is 1. The molecule has 0 atom stereocenters. The zero-order valence-corrected chi connectivity index (χ0v) is 12.5. The van der Waals surface area contributed by atoms with E-state index in [4.69, 9.17) is 15.7 Å². The number of rotatable bonds is 5. The Morgan fingerprint density at radius 2 is 2.00 bits per heavy atom. The third-order valence-electron chi connectivity index (χ3n) is 3.15. The average Bonchev–Trinajstić information content (AvgIpc) is 2.54. The zero-order chi connectivity index (χ0) is 16.8. The predicted octanol–water partition coefficient (Wildman–Crippen LogP) is 1.98. The highest BCUT2D eigenvalue weighted by Gasteiger charge is 2.09. The first kappa shape index (κ1) is 16.0. The lowest BCUT2D eigenvalue weighted by molar-refractivity contribution is -0.118. The molecular weight excluding hydrogens is 294 g/mol. The van der Waals surface area contributed by atoms with Gasteiger partial charge in [0.25, 0.3) is 5.91 Å². The van der Waals surface area contributed by atoms with Crippen LogP contribution in [-0.4, -0.2) is 18.4 Å². The normalized spacial score (nSPS) is 9.74. The number of carbonyl (C=O) groups is 2. The van der Waals surface area contributed by atoms with Crippen molar-refractivity contribution in [3.05, 3.63) is 59.2 Å². The highest BCUT2D eigenvalue weighted by molar-refractivity contribution is 5.96. The van der Waals surface area contributed by atoms with Crippen LogP contribution < -0.4 is 15.8 Å². The Balaban J connectivity index is 2.00. The summed E-state index contributed by atoms with van der Waals surface area (Å²) >= 11 is 0. The number of aryl methyl sites for hydroxylation is 1. The second-order valence-electron chi connectivity index (χ2n) is 4.84. The standard InChI is InChI=1S/C17H15N3O3/c1-11-8-12(17(19)22)6-7-14(11)20-16(21)10-23-15-5-3-2-4-13(15)9-18/h2-8H,10H2,1H3,(H2,19,22)(H,20,21). The molecule has 0 spiro atoms. The Labute approximate surface area is 133 Å². The van der Waals surface area contributed by atoms with Crippen LogP contribution in [0.25, 0.3) is 0 Å². The smallest absolute Gasteiger partial charge is 0.262 e. The second kappa shape index (κ2) is 7.09. The molecule has 2 aromatic rings. The van der Waals surface area contributed by atoms with E-state index in [1.807, 2.05) is 6.07 Å². The van der Waals surface area contributed by atoms with E-state index in [1.165, 1.54) is 6.07 Å². The molecule has 0 aliphatic heterocycles. The number of anilines is 1. The molecule has 0 fully saturated rings. The molecule has 0 saturated heterocycles. The van der Waals surface area contributed by atoms with Gasteiger partial charge >= 0.3 is 0 Å². The lowest BCUT2D eigenvalue weighted by Crippen LogP contribution is -2.21. The van der Waals surface area contributed by atoms with Gasteiger partial charge in [-0.3, -0.25) is 9.59 Å². The predicted molar refractivity (Wildman–Crippen MR) is 85.0 cm³/mol. The van der Waals surface area contributed by atoms with Gasteiger partial charge in [-0.05, 0) is 42.8 Å². The number of nitrogens with one attached hydrogen (secondary N) is 1. The summed E-state index contributed by atoms with van der Waals surface area (Å²) in [5.41, 5.74) is 7.22. The van der Waals surface area contributed by atoms with Gasteiger partial charge in [-0.2, -0.15) is 5.26 Å². The number of nitriles is 1. The van der Waals surface area contributed by atoms with E-state index in [-0.39, 0.29) is 12.5 Å². The van der Waals surface area contributed by atoms with Crippen LogP contribution in [0.1, 0.15) is 21.5 Å². The third-order valence-corrected chi connectivity index (χ3v) is 3.15. The first-order chi connectivity index (χ1) is 11.0. The van der Waals surface area contributed by atoms with Crippen LogP contribution in [0.5, 0.6) is 5.75 Å². The first-order valence-corrected chi connectivity index (χ1v) is 6.83. The van der Waals surface area contributed by atoms with Crippen molar-refractivity contribution in [1.82, 2.24) is 0 Å². The number of ether oxygens (including phenoxy) is 1. The van der Waals surface area contributed by atoms with Crippen molar-refractivity contribution >= 4 is 17.5 Å². The van der Waals surface area contributed by atoms with E-state index in [1.54, 1.807) is 43.3 Å². The number of benzene rings is 2. The fraction of sp³-hybridized carbons (Fsp3) is 0.118. The van der Waals surface area contributed by atoms with Crippen LogP contribution >= 0.6 is 0 Å². The summed E-state index contributed by atoms with van der Waals surface area (Å²) in [4.78, 5) is 23.0. The Morgan fingerprint density at radius 1 is 1.26 bits per heavy atom. The van der Waals surface area contributed by atoms with E-state index >= 15 is 0 Å². The Morgan fingerprint density at radius 3 is 2.65 bits per heavy atom. The van der Waals surface area contributed by atoms with Crippen molar-refractivity contribution in [3.8, 4) is 11.8 Å². The molecule has 6 heteroatoms. The number of hydrogen-bond acceptors (Lipinski definition) is 4. The Hall–Kier alpha value is -3.33. The van der Waals surface area contributed by atoms with Crippen LogP contribution in [-0.2, 0) is 4.79 Å². The number of carbonyl (C=O) groups excluding carboxylic acids is 2. The molecule has 3 N–H and O–H groups in total. The summed E-state index contributed by atoms with van der Waals surface area (Å²) < 4.78 is 5.36. The van der Waals surface area contributed by atoms with Gasteiger partial charge in [0.05, 0.1) is 5.56 Å². The SMILES string of the molecule is Cc1cc(C(N)=O)ccc1NC(=O)COc1ccccc1C#N. The van der Waals surface area contributed by atoms with Crippen LogP contribution in [0.4, 0.5) is 5.69 Å². The van der Waals surface area contributed by atoms with Crippen molar-refractivity contribution in [1.29, 1.82) is 5.26 Å². The maximum atomic E-state index is 11.9. The van der Waals surface area contributed by atoms with Gasteiger partial charge in [-0.1, -0.05) is 12.1 Å². The van der Waals surface area contributed by atoms with Gasteiger partial charge < -0.3 is 15.8 Å². The maximum Gasteiger partial charge on any atom is 0.262 e. The van der Waals surface area contributed by atoms with Crippen molar-refractivity contribution in [2.24, 2.45) is 5.73 Å². The molecule has 0 radical (unpaired) electrons. The number of amides is 2. The minimum atomic E-state index is -0.526. The summed E-state index contributed by atoms with van der Waals surface area (Å²) in [6.45, 7) is 1.53. The molecule has 0 saturated carbocycles. The van der Waals surface area contributed by atoms with E-state index < -0.39 is 5.91 Å². The highest BCUT2D eigenvalue weighted by Crippen LogP contribution is 2.18. The number of primary amides is 1. The summed E-state index contributed by atoms with van der Waals surface area (Å²) in [7, 11) is 0. The first-order valence-electron chi connectivity index (χ1n) is 6.83. The highest BCUT2D eigenvalue weighted by atomic mass is 16.5. The number of hydrogen-bond donors (Lipinski definition) is 2. The number of nitrogens with zero attached hydrogens (tertiary/aromatic N) is 1. The van der Waals surface area contributed by atoms with Crippen LogP contribution in [0, 0.1) is 18.3 Å². The maximum absolute atomic E-state index is 11.9. The Bertz CT molecular complexity index is 794. The summed E-state index contributed by atoms with van der Waals surface area (Å²) in [5, 5.41) is 11.6. The molecule has 23 heavy (non-hydrogen) atoms. The molecule has 2 amide bonds. The molecule has 0 aliphatic carbocycles. The zero-order valence-electron chi connectivity index (χ0n) is 12.5. The van der Waals surface area contributed by atoms with E-state index in [0.717, 1.165) is 0 Å². The van der Waals surface area contributed by atoms with Gasteiger partial charge in [0.15, 0.2) is 6.61 Å². The quantitative estimate of drug-likeness (QED) is 0.881. The monoisotopic (exact) mass is 309 g/mol. The van der Waals surface area contributed by atoms with E-state index in [0.29, 0.717) is 28.1 Å². The van der Waals surface area contributed by atoms with Crippen LogP contribution in [0.2, 0.25) is 0 Å². The van der Waals surface area contributed by atoms with E-state index in [9.17, 15) is 9.59 Å². The van der Waals surface area contributed by atoms with Gasteiger partial charge in [0.1, 0.15) is 11.8 Å². The lowest BCUT2D eigenvalue weighted by Gasteiger charge is -2.11. The summed E-state index contributed by atoms with van der Waals surface area (Å²) in [6, 6.07) is 13.4. The number of para-hydroxylation sites is 1. The second-order valence-corrected chi connectivity index (χ2v) is 4.84. The summed E-state index contributed by atoms with van der Waals surface area (Å²) in [5.74, 6) is -0.541. The molecule has 0 aromatic heterocycles. The summed E-state index contributed by atoms with van der Waals surface area (Å²) in [6.07, 6.45) is 0. The van der Waals surface area contributed by atoms with Gasteiger partial charge in [0.2, 0.25) is 5.91 Å². The minimum absolute atomic E-state index is 0.226.